The minimum Gasteiger partial charge on any atom is -0.382 e. The monoisotopic (exact) mass is 246 g/mol. The van der Waals surface area contributed by atoms with Gasteiger partial charge in [0.25, 0.3) is 5.91 Å². The van der Waals surface area contributed by atoms with Crippen LogP contribution in [0.25, 0.3) is 0 Å². The molecular formula is C8H14N4O3S. The predicted octanol–water partition coefficient (Wildman–Crippen LogP) is -0.488. The molecule has 90 valence electrons. The van der Waals surface area contributed by atoms with Crippen LogP contribution in [0, 0.1) is 0 Å². The predicted molar refractivity (Wildman–Crippen MR) is 59.3 cm³/mol. The van der Waals surface area contributed by atoms with E-state index in [0.29, 0.717) is 13.2 Å². The summed E-state index contributed by atoms with van der Waals surface area (Å²) >= 11 is 1.04. The Morgan fingerprint density at radius 1 is 1.56 bits per heavy atom. The van der Waals surface area contributed by atoms with Crippen LogP contribution in [0.4, 0.5) is 5.13 Å². The number of ether oxygens (including phenoxy) is 2. The van der Waals surface area contributed by atoms with Crippen LogP contribution in [0.2, 0.25) is 0 Å². The zero-order valence-corrected chi connectivity index (χ0v) is 9.91. The fourth-order valence-corrected chi connectivity index (χ4v) is 1.53. The second-order valence-electron chi connectivity index (χ2n) is 2.97. The topological polar surface area (TPSA) is 99.4 Å². The van der Waals surface area contributed by atoms with Crippen molar-refractivity contribution in [2.24, 2.45) is 0 Å². The number of nitrogens with one attached hydrogen (secondary N) is 1. The Kier molecular flexibility index (Phi) is 5.09. The molecule has 0 aliphatic carbocycles. The zero-order chi connectivity index (χ0) is 12.0. The average Bonchev–Trinajstić information content (AvgIpc) is 2.70. The molecule has 0 radical (unpaired) electrons. The number of hydrogen-bond acceptors (Lipinski definition) is 7. The number of anilines is 1. The molecular weight excluding hydrogens is 232 g/mol. The summed E-state index contributed by atoms with van der Waals surface area (Å²) in [6, 6.07) is 0. The molecule has 8 heteroatoms. The van der Waals surface area contributed by atoms with Gasteiger partial charge in [-0.2, -0.15) is 0 Å². The molecule has 0 aliphatic rings. The van der Waals surface area contributed by atoms with E-state index in [4.69, 9.17) is 15.2 Å². The minimum absolute atomic E-state index is 0.181. The lowest BCUT2D eigenvalue weighted by atomic mass is 10.3. The lowest BCUT2D eigenvalue weighted by Gasteiger charge is -2.14. The normalized spacial score (nSPS) is 12.4. The number of hydrogen-bond donors (Lipinski definition) is 2. The van der Waals surface area contributed by atoms with E-state index >= 15 is 0 Å². The first-order valence-electron chi connectivity index (χ1n) is 4.56. The summed E-state index contributed by atoms with van der Waals surface area (Å²) < 4.78 is 10.0. The Hall–Kier alpha value is -1.25. The van der Waals surface area contributed by atoms with Crippen LogP contribution in [0.1, 0.15) is 9.80 Å². The van der Waals surface area contributed by atoms with Crippen LogP contribution in [0.15, 0.2) is 0 Å². The first kappa shape index (κ1) is 12.8. The maximum absolute atomic E-state index is 11.5. The number of methoxy groups -OCH3 is 2. The van der Waals surface area contributed by atoms with Crippen molar-refractivity contribution in [1.82, 2.24) is 15.5 Å². The SMILES string of the molecule is COCC(CNC(=O)c1nnc(N)s1)OC. The number of rotatable bonds is 6. The van der Waals surface area contributed by atoms with E-state index in [0.717, 1.165) is 11.3 Å². The first-order valence-corrected chi connectivity index (χ1v) is 5.38. The summed E-state index contributed by atoms with van der Waals surface area (Å²) in [5.74, 6) is -0.313. The minimum atomic E-state index is -0.313. The fourth-order valence-electron chi connectivity index (χ4n) is 1.00. The highest BCUT2D eigenvalue weighted by molar-refractivity contribution is 7.16. The maximum Gasteiger partial charge on any atom is 0.282 e. The van der Waals surface area contributed by atoms with Gasteiger partial charge in [0.05, 0.1) is 12.7 Å². The molecule has 0 aliphatic heterocycles. The van der Waals surface area contributed by atoms with E-state index in [9.17, 15) is 4.79 Å². The van der Waals surface area contributed by atoms with Gasteiger partial charge in [0.2, 0.25) is 10.1 Å². The highest BCUT2D eigenvalue weighted by Gasteiger charge is 2.14. The molecule has 0 aromatic carbocycles. The highest BCUT2D eigenvalue weighted by Crippen LogP contribution is 2.10. The van der Waals surface area contributed by atoms with Crippen molar-refractivity contribution in [2.45, 2.75) is 6.10 Å². The third kappa shape index (κ3) is 3.72. The molecule has 7 nitrogen and oxygen atoms in total. The van der Waals surface area contributed by atoms with Gasteiger partial charge in [-0.1, -0.05) is 11.3 Å². The summed E-state index contributed by atoms with van der Waals surface area (Å²) in [6.45, 7) is 0.762. The van der Waals surface area contributed by atoms with Gasteiger partial charge in [-0.15, -0.1) is 10.2 Å². The summed E-state index contributed by atoms with van der Waals surface area (Å²) in [5, 5.41) is 10.3. The van der Waals surface area contributed by atoms with Crippen molar-refractivity contribution in [3.05, 3.63) is 5.01 Å². The molecule has 16 heavy (non-hydrogen) atoms. The molecule has 1 atom stereocenters. The molecule has 3 N–H and O–H groups in total. The lowest BCUT2D eigenvalue weighted by Crippen LogP contribution is -2.35. The summed E-state index contributed by atoms with van der Waals surface area (Å²) in [5.41, 5.74) is 5.37. The molecule has 1 aromatic heterocycles. The number of carbonyl (C=O) groups excluding carboxylic acids is 1. The molecule has 1 heterocycles. The molecule has 0 bridgehead atoms. The van der Waals surface area contributed by atoms with Crippen LogP contribution in [-0.4, -0.2) is 49.6 Å². The quantitative estimate of drug-likeness (QED) is 0.702. The highest BCUT2D eigenvalue weighted by atomic mass is 32.1. The van der Waals surface area contributed by atoms with Crippen LogP contribution in [-0.2, 0) is 9.47 Å². The van der Waals surface area contributed by atoms with Crippen LogP contribution < -0.4 is 11.1 Å². The smallest absolute Gasteiger partial charge is 0.282 e. The van der Waals surface area contributed by atoms with E-state index in [1.165, 1.54) is 0 Å². The van der Waals surface area contributed by atoms with Gasteiger partial charge < -0.3 is 20.5 Å². The fraction of sp³-hybridized carbons (Fsp3) is 0.625. The third-order valence-electron chi connectivity index (χ3n) is 1.81. The van der Waals surface area contributed by atoms with Gasteiger partial charge >= 0.3 is 0 Å². The first-order chi connectivity index (χ1) is 7.67. The van der Waals surface area contributed by atoms with Gasteiger partial charge in [0.1, 0.15) is 0 Å². The van der Waals surface area contributed by atoms with E-state index in [1.54, 1.807) is 14.2 Å². The van der Waals surface area contributed by atoms with E-state index in [-0.39, 0.29) is 22.2 Å². The Morgan fingerprint density at radius 3 is 2.81 bits per heavy atom. The Balaban J connectivity index is 2.40. The summed E-state index contributed by atoms with van der Waals surface area (Å²) in [4.78, 5) is 11.5. The largest absolute Gasteiger partial charge is 0.382 e. The molecule has 0 saturated carbocycles. The van der Waals surface area contributed by atoms with Crippen molar-refractivity contribution in [2.75, 3.05) is 33.1 Å². The van der Waals surface area contributed by atoms with E-state index < -0.39 is 0 Å². The number of nitrogens with zero attached hydrogens (tertiary/aromatic N) is 2. The maximum atomic E-state index is 11.5. The van der Waals surface area contributed by atoms with Gasteiger partial charge in [0.15, 0.2) is 0 Å². The van der Waals surface area contributed by atoms with Crippen molar-refractivity contribution in [3.8, 4) is 0 Å². The molecule has 0 saturated heterocycles. The van der Waals surface area contributed by atoms with Crippen molar-refractivity contribution < 1.29 is 14.3 Å². The number of carbonyl (C=O) groups is 1. The second-order valence-corrected chi connectivity index (χ2v) is 3.98. The standard InChI is InChI=1S/C8H14N4O3S/c1-14-4-5(15-2)3-10-6(13)7-11-12-8(9)16-7/h5H,3-4H2,1-2H3,(H2,9,12)(H,10,13). The van der Waals surface area contributed by atoms with Gasteiger partial charge in [-0.05, 0) is 0 Å². The number of nitrogen functional groups attached to an aromatic ring is 1. The lowest BCUT2D eigenvalue weighted by molar-refractivity contribution is 0.0285. The van der Waals surface area contributed by atoms with Crippen molar-refractivity contribution in [1.29, 1.82) is 0 Å². The Bertz CT molecular complexity index is 344. The van der Waals surface area contributed by atoms with Crippen molar-refractivity contribution in [3.63, 3.8) is 0 Å². The van der Waals surface area contributed by atoms with E-state index in [2.05, 4.69) is 15.5 Å². The zero-order valence-electron chi connectivity index (χ0n) is 9.10. The van der Waals surface area contributed by atoms with Gasteiger partial charge in [0, 0.05) is 20.8 Å². The van der Waals surface area contributed by atoms with Crippen LogP contribution in [0.5, 0.6) is 0 Å². The number of nitrogens with two attached hydrogens (primary N) is 1. The van der Waals surface area contributed by atoms with Gasteiger partial charge in [-0.3, -0.25) is 4.79 Å². The summed E-state index contributed by atoms with van der Waals surface area (Å²) in [7, 11) is 3.12. The Labute approximate surface area is 96.9 Å². The molecule has 1 rings (SSSR count). The second kappa shape index (κ2) is 6.36. The summed E-state index contributed by atoms with van der Waals surface area (Å²) in [6.07, 6.45) is -0.181. The van der Waals surface area contributed by atoms with E-state index in [1.807, 2.05) is 0 Å². The van der Waals surface area contributed by atoms with Gasteiger partial charge in [-0.25, -0.2) is 0 Å². The molecule has 1 unspecified atom stereocenters. The van der Waals surface area contributed by atoms with Crippen LogP contribution >= 0.6 is 11.3 Å². The average molecular weight is 246 g/mol. The molecule has 0 spiro atoms. The number of aromatic nitrogens is 2. The van der Waals surface area contributed by atoms with Crippen LogP contribution in [0.3, 0.4) is 0 Å². The molecule has 1 aromatic rings. The number of amides is 1. The molecule has 1 amide bonds. The third-order valence-corrected chi connectivity index (χ3v) is 2.56. The molecule has 0 fully saturated rings. The van der Waals surface area contributed by atoms with Crippen molar-refractivity contribution >= 4 is 22.4 Å². The Morgan fingerprint density at radius 2 is 2.31 bits per heavy atom.